The molecule has 0 aliphatic heterocycles. The summed E-state index contributed by atoms with van der Waals surface area (Å²) in [5, 5.41) is 3.42. The third kappa shape index (κ3) is 2.85. The minimum Gasteiger partial charge on any atom is -0.383 e. The van der Waals surface area contributed by atoms with Crippen molar-refractivity contribution >= 4 is 0 Å². The van der Waals surface area contributed by atoms with Crippen molar-refractivity contribution in [1.82, 2.24) is 5.32 Å². The summed E-state index contributed by atoms with van der Waals surface area (Å²) in [5.41, 5.74) is 1.48. The number of benzene rings is 1. The van der Waals surface area contributed by atoms with Crippen molar-refractivity contribution < 1.29 is 9.13 Å². The molecule has 1 aliphatic carbocycles. The highest BCUT2D eigenvalue weighted by Crippen LogP contribution is 2.43. The van der Waals surface area contributed by atoms with Gasteiger partial charge < -0.3 is 10.1 Å². The second-order valence-corrected chi connectivity index (χ2v) is 4.81. The first-order chi connectivity index (χ1) is 8.27. The number of hydrogen-bond donors (Lipinski definition) is 1. The number of nitrogens with one attached hydrogen (secondary N) is 1. The molecule has 94 valence electrons. The first-order valence-corrected chi connectivity index (χ1v) is 6.23. The van der Waals surface area contributed by atoms with Gasteiger partial charge in [0.2, 0.25) is 0 Å². The van der Waals surface area contributed by atoms with Gasteiger partial charge >= 0.3 is 0 Å². The Labute approximate surface area is 102 Å². The summed E-state index contributed by atoms with van der Waals surface area (Å²) in [7, 11) is 1.71. The Bertz CT molecular complexity index is 346. The Hall–Kier alpha value is -0.930. The standard InChI is InChI=1S/C14H20FNO/c1-17-10-9-16-11-14(7-2-8-14)12-3-5-13(15)6-4-12/h3-6,16H,2,7-11H2,1H3. The van der Waals surface area contributed by atoms with Crippen LogP contribution in [0.15, 0.2) is 24.3 Å². The zero-order valence-corrected chi connectivity index (χ0v) is 10.3. The Morgan fingerprint density at radius 2 is 2.00 bits per heavy atom. The van der Waals surface area contributed by atoms with Crippen molar-refractivity contribution in [2.45, 2.75) is 24.7 Å². The van der Waals surface area contributed by atoms with E-state index >= 15 is 0 Å². The second kappa shape index (κ2) is 5.61. The molecule has 0 amide bonds. The molecule has 2 rings (SSSR count). The lowest BCUT2D eigenvalue weighted by atomic mass is 9.64. The largest absolute Gasteiger partial charge is 0.383 e. The summed E-state index contributed by atoms with van der Waals surface area (Å²) in [6, 6.07) is 6.97. The summed E-state index contributed by atoms with van der Waals surface area (Å²) in [6.45, 7) is 2.57. The van der Waals surface area contributed by atoms with Gasteiger partial charge in [-0.3, -0.25) is 0 Å². The number of ether oxygens (including phenoxy) is 1. The van der Waals surface area contributed by atoms with Gasteiger partial charge in [-0.2, -0.15) is 0 Å². The summed E-state index contributed by atoms with van der Waals surface area (Å²) in [6.07, 6.45) is 3.65. The molecular formula is C14H20FNO. The minimum absolute atomic E-state index is 0.157. The van der Waals surface area contributed by atoms with Crippen molar-refractivity contribution in [2.24, 2.45) is 0 Å². The van der Waals surface area contributed by atoms with Crippen molar-refractivity contribution in [3.63, 3.8) is 0 Å². The molecular weight excluding hydrogens is 217 g/mol. The Kier molecular flexibility index (Phi) is 4.13. The minimum atomic E-state index is -0.157. The smallest absolute Gasteiger partial charge is 0.123 e. The summed E-state index contributed by atoms with van der Waals surface area (Å²) in [5.74, 6) is -0.157. The highest BCUT2D eigenvalue weighted by molar-refractivity contribution is 5.29. The molecule has 0 atom stereocenters. The molecule has 0 saturated heterocycles. The van der Waals surface area contributed by atoms with Gasteiger partial charge in [0.15, 0.2) is 0 Å². The SMILES string of the molecule is COCCNCC1(c2ccc(F)cc2)CCC1. The normalized spacial score (nSPS) is 17.8. The molecule has 1 aromatic carbocycles. The quantitative estimate of drug-likeness (QED) is 0.767. The van der Waals surface area contributed by atoms with Gasteiger partial charge in [0, 0.05) is 25.6 Å². The fraction of sp³-hybridized carbons (Fsp3) is 0.571. The number of methoxy groups -OCH3 is 1. The Balaban J connectivity index is 1.96. The van der Waals surface area contributed by atoms with E-state index in [4.69, 9.17) is 4.74 Å². The summed E-state index contributed by atoms with van der Waals surface area (Å²) in [4.78, 5) is 0. The van der Waals surface area contributed by atoms with Crippen molar-refractivity contribution in [3.8, 4) is 0 Å². The van der Waals surface area contributed by atoms with Gasteiger partial charge in [0.25, 0.3) is 0 Å². The Morgan fingerprint density at radius 3 is 2.53 bits per heavy atom. The number of halogens is 1. The van der Waals surface area contributed by atoms with Crippen LogP contribution >= 0.6 is 0 Å². The van der Waals surface area contributed by atoms with E-state index in [-0.39, 0.29) is 11.2 Å². The van der Waals surface area contributed by atoms with Crippen LogP contribution in [0.2, 0.25) is 0 Å². The zero-order valence-electron chi connectivity index (χ0n) is 10.3. The number of rotatable bonds is 6. The van der Waals surface area contributed by atoms with E-state index < -0.39 is 0 Å². The fourth-order valence-corrected chi connectivity index (χ4v) is 2.48. The predicted molar refractivity (Wildman–Crippen MR) is 66.7 cm³/mol. The van der Waals surface area contributed by atoms with Crippen LogP contribution in [0, 0.1) is 5.82 Å². The summed E-state index contributed by atoms with van der Waals surface area (Å²) >= 11 is 0. The van der Waals surface area contributed by atoms with E-state index in [0.29, 0.717) is 0 Å². The van der Waals surface area contributed by atoms with E-state index in [1.54, 1.807) is 19.2 Å². The van der Waals surface area contributed by atoms with Crippen LogP contribution in [0.3, 0.4) is 0 Å². The topological polar surface area (TPSA) is 21.3 Å². The lowest BCUT2D eigenvalue weighted by Gasteiger charge is -2.42. The average Bonchev–Trinajstić information content (AvgIpc) is 2.29. The van der Waals surface area contributed by atoms with Crippen molar-refractivity contribution in [1.29, 1.82) is 0 Å². The van der Waals surface area contributed by atoms with Crippen LogP contribution in [-0.2, 0) is 10.2 Å². The van der Waals surface area contributed by atoms with Gasteiger partial charge in [0.1, 0.15) is 5.82 Å². The molecule has 1 aromatic rings. The molecule has 0 spiro atoms. The zero-order chi connectivity index (χ0) is 12.1. The van der Waals surface area contributed by atoms with Crippen LogP contribution < -0.4 is 5.32 Å². The maximum Gasteiger partial charge on any atom is 0.123 e. The van der Waals surface area contributed by atoms with Crippen molar-refractivity contribution in [2.75, 3.05) is 26.8 Å². The maximum absolute atomic E-state index is 12.9. The van der Waals surface area contributed by atoms with Crippen LogP contribution in [0.4, 0.5) is 4.39 Å². The third-order valence-corrected chi connectivity index (χ3v) is 3.71. The van der Waals surface area contributed by atoms with Crippen LogP contribution in [0.25, 0.3) is 0 Å². The molecule has 3 heteroatoms. The highest BCUT2D eigenvalue weighted by Gasteiger charge is 2.37. The first kappa shape index (κ1) is 12.5. The molecule has 1 N–H and O–H groups in total. The molecule has 17 heavy (non-hydrogen) atoms. The van der Waals surface area contributed by atoms with Gasteiger partial charge in [-0.1, -0.05) is 18.6 Å². The van der Waals surface area contributed by atoms with Crippen LogP contribution in [-0.4, -0.2) is 26.8 Å². The van der Waals surface area contributed by atoms with E-state index in [1.807, 2.05) is 12.1 Å². The Morgan fingerprint density at radius 1 is 1.29 bits per heavy atom. The third-order valence-electron chi connectivity index (χ3n) is 3.71. The van der Waals surface area contributed by atoms with E-state index in [0.717, 1.165) is 19.7 Å². The highest BCUT2D eigenvalue weighted by atomic mass is 19.1. The first-order valence-electron chi connectivity index (χ1n) is 6.23. The van der Waals surface area contributed by atoms with Gasteiger partial charge in [-0.25, -0.2) is 4.39 Å². The van der Waals surface area contributed by atoms with E-state index in [9.17, 15) is 4.39 Å². The molecule has 0 radical (unpaired) electrons. The number of hydrogen-bond acceptors (Lipinski definition) is 2. The maximum atomic E-state index is 12.9. The molecule has 1 fully saturated rings. The molecule has 0 aromatic heterocycles. The second-order valence-electron chi connectivity index (χ2n) is 4.81. The predicted octanol–water partition coefficient (Wildman–Crippen LogP) is 2.48. The monoisotopic (exact) mass is 237 g/mol. The molecule has 1 aliphatic rings. The van der Waals surface area contributed by atoms with Crippen molar-refractivity contribution in [3.05, 3.63) is 35.6 Å². The molecule has 0 bridgehead atoms. The fourth-order valence-electron chi connectivity index (χ4n) is 2.48. The van der Waals surface area contributed by atoms with Gasteiger partial charge in [-0.15, -0.1) is 0 Å². The summed E-state index contributed by atoms with van der Waals surface area (Å²) < 4.78 is 17.9. The van der Waals surface area contributed by atoms with E-state index in [1.165, 1.54) is 24.8 Å². The van der Waals surface area contributed by atoms with Crippen LogP contribution in [0.1, 0.15) is 24.8 Å². The van der Waals surface area contributed by atoms with E-state index in [2.05, 4.69) is 5.32 Å². The van der Waals surface area contributed by atoms with Gasteiger partial charge in [-0.05, 0) is 30.5 Å². The molecule has 1 saturated carbocycles. The molecule has 2 nitrogen and oxygen atoms in total. The molecule has 0 unspecified atom stereocenters. The van der Waals surface area contributed by atoms with Crippen LogP contribution in [0.5, 0.6) is 0 Å². The molecule has 0 heterocycles. The lowest BCUT2D eigenvalue weighted by molar-refractivity contribution is 0.185. The van der Waals surface area contributed by atoms with Gasteiger partial charge in [0.05, 0.1) is 6.61 Å². The average molecular weight is 237 g/mol. The lowest BCUT2D eigenvalue weighted by Crippen LogP contribution is -2.44.